The van der Waals surface area contributed by atoms with Gasteiger partial charge in [-0.25, -0.2) is 0 Å². The summed E-state index contributed by atoms with van der Waals surface area (Å²) >= 11 is 1.63. The molecule has 1 aromatic carbocycles. The largest absolute Gasteiger partial charge is 0.496 e. The molecule has 18 heavy (non-hydrogen) atoms. The number of nitrogens with two attached hydrogens (primary N) is 1. The van der Waals surface area contributed by atoms with Gasteiger partial charge in [0.05, 0.1) is 31.2 Å². The molecule has 1 unspecified atom stereocenters. The second-order valence-electron chi connectivity index (χ2n) is 4.35. The van der Waals surface area contributed by atoms with E-state index in [4.69, 9.17) is 15.2 Å². The van der Waals surface area contributed by atoms with Gasteiger partial charge in [-0.2, -0.15) is 0 Å². The van der Waals surface area contributed by atoms with Crippen molar-refractivity contribution in [2.24, 2.45) is 5.73 Å². The van der Waals surface area contributed by atoms with Crippen molar-refractivity contribution >= 4 is 11.3 Å². The zero-order valence-corrected chi connectivity index (χ0v) is 11.0. The van der Waals surface area contributed by atoms with Crippen LogP contribution in [0.5, 0.6) is 5.75 Å². The van der Waals surface area contributed by atoms with Crippen LogP contribution in [0.25, 0.3) is 0 Å². The van der Waals surface area contributed by atoms with Gasteiger partial charge >= 0.3 is 0 Å². The van der Waals surface area contributed by atoms with Gasteiger partial charge in [-0.3, -0.25) is 0 Å². The molecule has 0 spiro atoms. The first-order chi connectivity index (χ1) is 8.79. The van der Waals surface area contributed by atoms with Crippen LogP contribution in [0.4, 0.5) is 0 Å². The molecule has 3 nitrogen and oxygen atoms in total. The summed E-state index contributed by atoms with van der Waals surface area (Å²) in [6.07, 6.45) is 0. The fourth-order valence-electron chi connectivity index (χ4n) is 2.24. The molecule has 1 aliphatic heterocycles. The minimum absolute atomic E-state index is 0.133. The summed E-state index contributed by atoms with van der Waals surface area (Å²) in [5, 5.41) is 2.00. The zero-order valence-electron chi connectivity index (χ0n) is 10.2. The van der Waals surface area contributed by atoms with E-state index in [0.29, 0.717) is 13.2 Å². The van der Waals surface area contributed by atoms with E-state index in [1.54, 1.807) is 18.4 Å². The maximum absolute atomic E-state index is 6.32. The summed E-state index contributed by atoms with van der Waals surface area (Å²) in [6.45, 7) is 1.41. The molecule has 0 saturated carbocycles. The summed E-state index contributed by atoms with van der Waals surface area (Å²) in [4.78, 5) is 1.07. The van der Waals surface area contributed by atoms with E-state index in [1.807, 2.05) is 11.4 Å². The molecule has 1 aliphatic rings. The molecule has 0 radical (unpaired) electrons. The number of methoxy groups -OCH3 is 1. The van der Waals surface area contributed by atoms with E-state index >= 15 is 0 Å². The van der Waals surface area contributed by atoms with Gasteiger partial charge in [0.25, 0.3) is 0 Å². The Kier molecular flexibility index (Phi) is 3.07. The van der Waals surface area contributed by atoms with Gasteiger partial charge in [0.1, 0.15) is 5.75 Å². The van der Waals surface area contributed by atoms with Crippen molar-refractivity contribution in [1.29, 1.82) is 0 Å². The van der Waals surface area contributed by atoms with Crippen LogP contribution in [0.3, 0.4) is 0 Å². The smallest absolute Gasteiger partial charge is 0.134 e. The van der Waals surface area contributed by atoms with Crippen molar-refractivity contribution in [2.45, 2.75) is 19.3 Å². The van der Waals surface area contributed by atoms with Crippen molar-refractivity contribution in [2.75, 3.05) is 7.11 Å². The predicted molar refractivity (Wildman–Crippen MR) is 71.8 cm³/mol. The highest BCUT2D eigenvalue weighted by molar-refractivity contribution is 7.10. The monoisotopic (exact) mass is 261 g/mol. The maximum atomic E-state index is 6.32. The number of hydrogen-bond acceptors (Lipinski definition) is 4. The van der Waals surface area contributed by atoms with Gasteiger partial charge < -0.3 is 15.2 Å². The lowest BCUT2D eigenvalue weighted by Gasteiger charge is -2.13. The van der Waals surface area contributed by atoms with Crippen LogP contribution in [0.15, 0.2) is 29.6 Å². The van der Waals surface area contributed by atoms with Gasteiger partial charge in [0.2, 0.25) is 0 Å². The predicted octanol–water partition coefficient (Wildman–Crippen LogP) is 2.84. The second-order valence-corrected chi connectivity index (χ2v) is 5.30. The Hall–Kier alpha value is -1.36. The standard InChI is InChI=1S/C14H15NO2S/c1-16-12-4-5-18-14(12)13(15)9-2-3-10-7-17-8-11(10)6-9/h2-6,13H,7-8,15H2,1H3. The molecule has 3 rings (SSSR count). The van der Waals surface area contributed by atoms with Crippen molar-refractivity contribution in [3.63, 3.8) is 0 Å². The summed E-state index contributed by atoms with van der Waals surface area (Å²) in [6, 6.07) is 8.16. The SMILES string of the molecule is COc1ccsc1C(N)c1ccc2c(c1)COC2. The third-order valence-electron chi connectivity index (χ3n) is 3.26. The number of thiophene rings is 1. The topological polar surface area (TPSA) is 44.5 Å². The Bertz CT molecular complexity index is 565. The van der Waals surface area contributed by atoms with Crippen LogP contribution in [0.1, 0.15) is 27.6 Å². The third-order valence-corrected chi connectivity index (χ3v) is 4.25. The number of ether oxygens (including phenoxy) is 2. The number of benzene rings is 1. The van der Waals surface area contributed by atoms with E-state index in [9.17, 15) is 0 Å². The van der Waals surface area contributed by atoms with Crippen LogP contribution < -0.4 is 10.5 Å². The molecule has 1 atom stereocenters. The fourth-order valence-corrected chi connectivity index (χ4v) is 3.13. The van der Waals surface area contributed by atoms with Crippen LogP contribution in [-0.2, 0) is 18.0 Å². The fraction of sp³-hybridized carbons (Fsp3) is 0.286. The molecular formula is C14H15NO2S. The minimum atomic E-state index is -0.133. The van der Waals surface area contributed by atoms with Gasteiger partial charge in [0, 0.05) is 0 Å². The van der Waals surface area contributed by atoms with Crippen LogP contribution >= 0.6 is 11.3 Å². The molecule has 0 saturated heterocycles. The average Bonchev–Trinajstić information content (AvgIpc) is 3.05. The van der Waals surface area contributed by atoms with E-state index in [-0.39, 0.29) is 6.04 Å². The van der Waals surface area contributed by atoms with E-state index in [1.165, 1.54) is 11.1 Å². The van der Waals surface area contributed by atoms with Crippen molar-refractivity contribution < 1.29 is 9.47 Å². The molecule has 2 aromatic rings. The normalized spacial score (nSPS) is 15.4. The molecule has 0 fully saturated rings. The molecule has 0 bridgehead atoms. The van der Waals surface area contributed by atoms with Gasteiger partial charge in [-0.15, -0.1) is 11.3 Å². The number of fused-ring (bicyclic) bond motifs is 1. The zero-order chi connectivity index (χ0) is 12.5. The quantitative estimate of drug-likeness (QED) is 0.924. The molecular weight excluding hydrogens is 246 g/mol. The van der Waals surface area contributed by atoms with E-state index < -0.39 is 0 Å². The van der Waals surface area contributed by atoms with Gasteiger partial charge in [0.15, 0.2) is 0 Å². The van der Waals surface area contributed by atoms with E-state index in [0.717, 1.165) is 16.2 Å². The Morgan fingerprint density at radius 1 is 1.28 bits per heavy atom. The van der Waals surface area contributed by atoms with Crippen molar-refractivity contribution in [3.8, 4) is 5.75 Å². The van der Waals surface area contributed by atoms with Crippen molar-refractivity contribution in [3.05, 3.63) is 51.2 Å². The lowest BCUT2D eigenvalue weighted by atomic mass is 10.0. The molecule has 2 N–H and O–H groups in total. The second kappa shape index (κ2) is 4.72. The minimum Gasteiger partial charge on any atom is -0.496 e. The number of hydrogen-bond donors (Lipinski definition) is 1. The highest BCUT2D eigenvalue weighted by Gasteiger charge is 2.18. The molecule has 2 heterocycles. The Morgan fingerprint density at radius 3 is 2.94 bits per heavy atom. The van der Waals surface area contributed by atoms with Crippen LogP contribution in [0.2, 0.25) is 0 Å². The van der Waals surface area contributed by atoms with Crippen LogP contribution in [-0.4, -0.2) is 7.11 Å². The summed E-state index contributed by atoms with van der Waals surface area (Å²) < 4.78 is 10.7. The van der Waals surface area contributed by atoms with Crippen LogP contribution in [0, 0.1) is 0 Å². The lowest BCUT2D eigenvalue weighted by Crippen LogP contribution is -2.11. The first-order valence-corrected chi connectivity index (χ1v) is 6.74. The molecule has 4 heteroatoms. The van der Waals surface area contributed by atoms with Gasteiger partial charge in [-0.1, -0.05) is 18.2 Å². The first-order valence-electron chi connectivity index (χ1n) is 5.86. The third kappa shape index (κ3) is 1.92. The maximum Gasteiger partial charge on any atom is 0.134 e. The summed E-state index contributed by atoms with van der Waals surface area (Å²) in [5.74, 6) is 0.865. The molecule has 0 aliphatic carbocycles. The Morgan fingerprint density at radius 2 is 2.11 bits per heavy atom. The summed E-state index contributed by atoms with van der Waals surface area (Å²) in [7, 11) is 1.68. The highest BCUT2D eigenvalue weighted by atomic mass is 32.1. The van der Waals surface area contributed by atoms with E-state index in [2.05, 4.69) is 18.2 Å². The molecule has 1 aromatic heterocycles. The average molecular weight is 261 g/mol. The van der Waals surface area contributed by atoms with Gasteiger partial charge in [-0.05, 0) is 28.1 Å². The Balaban J connectivity index is 1.95. The first kappa shape index (κ1) is 11.7. The number of rotatable bonds is 3. The van der Waals surface area contributed by atoms with Crippen molar-refractivity contribution in [1.82, 2.24) is 0 Å². The Labute approximate surface area is 110 Å². The summed E-state index contributed by atoms with van der Waals surface area (Å²) in [5.41, 5.74) is 9.95. The lowest BCUT2D eigenvalue weighted by molar-refractivity contribution is 0.134. The molecule has 94 valence electrons. The highest BCUT2D eigenvalue weighted by Crippen LogP contribution is 2.34. The molecule has 0 amide bonds.